The number of hydrogen-bond acceptors (Lipinski definition) is 3. The van der Waals surface area contributed by atoms with E-state index in [-0.39, 0.29) is 20.9 Å². The molecule has 8 heteroatoms. The number of halogens is 3. The lowest BCUT2D eigenvalue weighted by Crippen LogP contribution is -2.32. The van der Waals surface area contributed by atoms with E-state index in [9.17, 15) is 13.2 Å². The quantitative estimate of drug-likeness (QED) is 0.782. The van der Waals surface area contributed by atoms with Gasteiger partial charge in [-0.2, -0.15) is 0 Å². The second-order valence-electron chi connectivity index (χ2n) is 5.45. The normalized spacial score (nSPS) is 12.3. The summed E-state index contributed by atoms with van der Waals surface area (Å²) in [4.78, 5) is 11.9. The summed E-state index contributed by atoms with van der Waals surface area (Å²) in [7, 11) is 1.35. The summed E-state index contributed by atoms with van der Waals surface area (Å²) in [6, 6.07) is 2.42. The fraction of sp³-hybridized carbons (Fsp3) is 0.417. The molecule has 1 aromatic rings. The third-order valence-corrected chi connectivity index (χ3v) is 4.90. The Kier molecular flexibility index (Phi) is 5.52. The van der Waals surface area contributed by atoms with Crippen molar-refractivity contribution in [3.8, 4) is 0 Å². The Labute approximate surface area is 136 Å². The molecule has 0 heterocycles. The van der Waals surface area contributed by atoms with Gasteiger partial charge in [0.25, 0.3) is 15.0 Å². The molecule has 4 nitrogen and oxygen atoms in total. The van der Waals surface area contributed by atoms with E-state index in [0.29, 0.717) is 11.0 Å². The fourth-order valence-electron chi connectivity index (χ4n) is 1.31. The van der Waals surface area contributed by atoms with E-state index in [4.69, 9.17) is 22.3 Å². The predicted octanol–water partition coefficient (Wildman–Crippen LogP) is 3.81. The third kappa shape index (κ3) is 4.91. The Morgan fingerprint density at radius 2 is 1.90 bits per heavy atom. The molecule has 0 saturated carbocycles. The Bertz CT molecular complexity index is 639. The molecule has 0 fully saturated rings. The third-order valence-electron chi connectivity index (χ3n) is 2.31. The maximum absolute atomic E-state index is 12.1. The Morgan fingerprint density at radius 3 is 2.35 bits per heavy atom. The minimum Gasteiger partial charge on any atom is -0.351 e. The minimum absolute atomic E-state index is 0.0597. The average Bonchev–Trinajstić information content (AvgIpc) is 2.27. The maximum atomic E-state index is 12.1. The molecule has 0 aliphatic heterocycles. The minimum atomic E-state index is -3.94. The first kappa shape index (κ1) is 17.8. The SMILES string of the molecule is CC(C)(C)CNC(=O)c1cc(S(=O)(=O)Cl)cc(Br)c1Cl. The van der Waals surface area contributed by atoms with Crippen LogP contribution in [0.5, 0.6) is 0 Å². The molecule has 0 aromatic heterocycles. The molecule has 0 aliphatic carbocycles. The highest BCUT2D eigenvalue weighted by molar-refractivity contribution is 9.10. The van der Waals surface area contributed by atoms with Crippen LogP contribution in [0.1, 0.15) is 31.1 Å². The van der Waals surface area contributed by atoms with Crippen molar-refractivity contribution in [2.24, 2.45) is 5.41 Å². The summed E-state index contributed by atoms with van der Waals surface area (Å²) in [6.07, 6.45) is 0. The van der Waals surface area contributed by atoms with E-state index >= 15 is 0 Å². The number of carbonyl (C=O) groups is 1. The predicted molar refractivity (Wildman–Crippen MR) is 84.0 cm³/mol. The molecule has 0 unspecified atom stereocenters. The molecule has 0 atom stereocenters. The Balaban J connectivity index is 3.18. The van der Waals surface area contributed by atoms with Crippen molar-refractivity contribution in [2.45, 2.75) is 25.7 Å². The number of carbonyl (C=O) groups excluding carboxylic acids is 1. The van der Waals surface area contributed by atoms with E-state index in [1.165, 1.54) is 6.07 Å². The Morgan fingerprint density at radius 1 is 1.35 bits per heavy atom. The van der Waals surface area contributed by atoms with Gasteiger partial charge in [0.15, 0.2) is 0 Å². The van der Waals surface area contributed by atoms with Crippen LogP contribution in [0.4, 0.5) is 0 Å². The standard InChI is InChI=1S/C12H14BrCl2NO3S/c1-12(2,3)6-16-11(17)8-4-7(20(15,18)19)5-9(13)10(8)14/h4-5H,6H2,1-3H3,(H,16,17). The van der Waals surface area contributed by atoms with Gasteiger partial charge in [0, 0.05) is 21.7 Å². The molecule has 1 N–H and O–H groups in total. The molecule has 1 aromatic carbocycles. The lowest BCUT2D eigenvalue weighted by Gasteiger charge is -2.19. The van der Waals surface area contributed by atoms with Crippen molar-refractivity contribution >= 4 is 53.2 Å². The zero-order valence-electron chi connectivity index (χ0n) is 11.1. The molecule has 1 rings (SSSR count). The molecule has 0 saturated heterocycles. The van der Waals surface area contributed by atoms with Gasteiger partial charge in [-0.1, -0.05) is 32.4 Å². The maximum Gasteiger partial charge on any atom is 0.261 e. The van der Waals surface area contributed by atoms with Gasteiger partial charge in [-0.15, -0.1) is 0 Å². The lowest BCUT2D eigenvalue weighted by molar-refractivity contribution is 0.0939. The van der Waals surface area contributed by atoms with E-state index in [1.54, 1.807) is 0 Å². The summed E-state index contributed by atoms with van der Waals surface area (Å²) < 4.78 is 23.0. The number of amides is 1. The van der Waals surface area contributed by atoms with Crippen molar-refractivity contribution < 1.29 is 13.2 Å². The zero-order valence-corrected chi connectivity index (χ0v) is 15.0. The van der Waals surface area contributed by atoms with Crippen LogP contribution in [0, 0.1) is 5.41 Å². The first-order chi connectivity index (χ1) is 8.92. The van der Waals surface area contributed by atoms with Crippen molar-refractivity contribution in [2.75, 3.05) is 6.54 Å². The number of rotatable bonds is 3. The van der Waals surface area contributed by atoms with Crippen LogP contribution in [0.3, 0.4) is 0 Å². The van der Waals surface area contributed by atoms with Crippen molar-refractivity contribution in [1.82, 2.24) is 5.32 Å². The lowest BCUT2D eigenvalue weighted by atomic mass is 9.97. The van der Waals surface area contributed by atoms with Gasteiger partial charge < -0.3 is 5.32 Å². The van der Waals surface area contributed by atoms with E-state index < -0.39 is 15.0 Å². The molecule has 0 aliphatic rings. The van der Waals surface area contributed by atoms with Crippen LogP contribution in [-0.4, -0.2) is 20.9 Å². The fourth-order valence-corrected chi connectivity index (χ4v) is 2.90. The zero-order chi connectivity index (χ0) is 15.7. The van der Waals surface area contributed by atoms with Crippen LogP contribution in [0.2, 0.25) is 5.02 Å². The highest BCUT2D eigenvalue weighted by Crippen LogP contribution is 2.31. The summed E-state index contributed by atoms with van der Waals surface area (Å²) in [6.45, 7) is 6.32. The highest BCUT2D eigenvalue weighted by Gasteiger charge is 2.21. The molecule has 112 valence electrons. The molecule has 0 spiro atoms. The van der Waals surface area contributed by atoms with Gasteiger partial charge in [-0.05, 0) is 33.5 Å². The van der Waals surface area contributed by atoms with Gasteiger partial charge in [0.05, 0.1) is 15.5 Å². The Hall–Kier alpha value is -0.300. The second-order valence-corrected chi connectivity index (χ2v) is 9.25. The van der Waals surface area contributed by atoms with Gasteiger partial charge >= 0.3 is 0 Å². The average molecular weight is 403 g/mol. The van der Waals surface area contributed by atoms with Crippen LogP contribution >= 0.6 is 38.2 Å². The van der Waals surface area contributed by atoms with Crippen LogP contribution < -0.4 is 5.32 Å². The summed E-state index contributed by atoms with van der Waals surface area (Å²) in [5.74, 6) is -0.451. The van der Waals surface area contributed by atoms with Crippen molar-refractivity contribution in [1.29, 1.82) is 0 Å². The van der Waals surface area contributed by atoms with Crippen molar-refractivity contribution in [3.63, 3.8) is 0 Å². The number of benzene rings is 1. The van der Waals surface area contributed by atoms with Gasteiger partial charge in [-0.25, -0.2) is 8.42 Å². The molecular weight excluding hydrogens is 389 g/mol. The largest absolute Gasteiger partial charge is 0.351 e. The highest BCUT2D eigenvalue weighted by atomic mass is 79.9. The topological polar surface area (TPSA) is 63.2 Å². The first-order valence-corrected chi connectivity index (χ1v) is 9.12. The molecule has 1 amide bonds. The number of hydrogen-bond donors (Lipinski definition) is 1. The van der Waals surface area contributed by atoms with E-state index in [2.05, 4.69) is 21.2 Å². The molecular formula is C12H14BrCl2NO3S. The number of nitrogens with one attached hydrogen (secondary N) is 1. The van der Waals surface area contributed by atoms with Crippen LogP contribution in [-0.2, 0) is 9.05 Å². The van der Waals surface area contributed by atoms with Crippen molar-refractivity contribution in [3.05, 3.63) is 27.2 Å². The first-order valence-electron chi connectivity index (χ1n) is 5.64. The van der Waals surface area contributed by atoms with Gasteiger partial charge in [0.2, 0.25) is 0 Å². The van der Waals surface area contributed by atoms with E-state index in [0.717, 1.165) is 6.07 Å². The second kappa shape index (κ2) is 6.22. The summed E-state index contributed by atoms with van der Waals surface area (Å²) in [5.41, 5.74) is -0.0419. The van der Waals surface area contributed by atoms with E-state index in [1.807, 2.05) is 20.8 Å². The smallest absolute Gasteiger partial charge is 0.261 e. The molecule has 0 radical (unpaired) electrons. The molecule has 0 bridgehead atoms. The summed E-state index contributed by atoms with van der Waals surface area (Å²) >= 11 is 9.13. The van der Waals surface area contributed by atoms with Crippen LogP contribution in [0.25, 0.3) is 0 Å². The van der Waals surface area contributed by atoms with Gasteiger partial charge in [0.1, 0.15) is 0 Å². The molecule has 20 heavy (non-hydrogen) atoms. The van der Waals surface area contributed by atoms with Gasteiger partial charge in [-0.3, -0.25) is 4.79 Å². The van der Waals surface area contributed by atoms with Crippen LogP contribution in [0.15, 0.2) is 21.5 Å². The summed E-state index contributed by atoms with van der Waals surface area (Å²) in [5, 5.41) is 2.84. The monoisotopic (exact) mass is 401 g/mol.